The fourth-order valence-electron chi connectivity index (χ4n) is 2.32. The highest BCUT2D eigenvalue weighted by Crippen LogP contribution is 2.22. The van der Waals surface area contributed by atoms with E-state index in [0.717, 1.165) is 0 Å². The molecule has 1 aliphatic heterocycles. The van der Waals surface area contributed by atoms with Crippen LogP contribution < -0.4 is 0 Å². The lowest BCUT2D eigenvalue weighted by Crippen LogP contribution is -2.41. The first kappa shape index (κ1) is 14.5. The van der Waals surface area contributed by atoms with E-state index in [4.69, 9.17) is 5.11 Å². The molecule has 0 spiro atoms. The number of amides is 1. The monoisotopic (exact) mass is 279 g/mol. The first-order chi connectivity index (χ1) is 9.56. The summed E-state index contributed by atoms with van der Waals surface area (Å²) in [7, 11) is 1.26. The lowest BCUT2D eigenvalue weighted by Gasteiger charge is -2.22. The van der Waals surface area contributed by atoms with Crippen molar-refractivity contribution < 1.29 is 24.5 Å². The molecule has 1 heterocycles. The van der Waals surface area contributed by atoms with Crippen molar-refractivity contribution in [2.75, 3.05) is 13.7 Å². The van der Waals surface area contributed by atoms with Gasteiger partial charge in [0.1, 0.15) is 6.04 Å². The largest absolute Gasteiger partial charge is 0.467 e. The minimum atomic E-state index is -0.750. The van der Waals surface area contributed by atoms with Crippen LogP contribution in [0, 0.1) is 0 Å². The first-order valence-electron chi connectivity index (χ1n) is 6.33. The lowest BCUT2D eigenvalue weighted by atomic mass is 10.1. The van der Waals surface area contributed by atoms with E-state index in [1.54, 1.807) is 24.3 Å². The second kappa shape index (κ2) is 6.02. The summed E-state index contributed by atoms with van der Waals surface area (Å²) in [5, 5.41) is 18.6. The zero-order valence-electron chi connectivity index (χ0n) is 11.2. The predicted octanol–water partition coefficient (Wildman–Crippen LogP) is -0.0727. The molecule has 6 nitrogen and oxygen atoms in total. The number of hydrogen-bond donors (Lipinski definition) is 2. The van der Waals surface area contributed by atoms with E-state index in [1.165, 1.54) is 12.0 Å². The molecule has 1 aromatic carbocycles. The number of ether oxygens (including phenoxy) is 1. The van der Waals surface area contributed by atoms with Crippen LogP contribution in [-0.4, -0.2) is 52.8 Å². The van der Waals surface area contributed by atoms with Gasteiger partial charge in [0.25, 0.3) is 5.91 Å². The SMILES string of the molecule is COC(=O)C1CC(O)CN1C(=O)c1ccc(CO)cc1. The average Bonchev–Trinajstić information content (AvgIpc) is 2.87. The zero-order chi connectivity index (χ0) is 14.7. The number of methoxy groups -OCH3 is 1. The van der Waals surface area contributed by atoms with Crippen molar-refractivity contribution in [1.29, 1.82) is 0 Å². The number of likely N-dealkylation sites (tertiary alicyclic amines) is 1. The van der Waals surface area contributed by atoms with Gasteiger partial charge in [-0.2, -0.15) is 0 Å². The second-order valence-electron chi connectivity index (χ2n) is 4.74. The maximum absolute atomic E-state index is 12.4. The van der Waals surface area contributed by atoms with E-state index in [9.17, 15) is 14.7 Å². The quantitative estimate of drug-likeness (QED) is 0.756. The van der Waals surface area contributed by atoms with Gasteiger partial charge in [0.2, 0.25) is 0 Å². The van der Waals surface area contributed by atoms with Gasteiger partial charge in [-0.15, -0.1) is 0 Å². The van der Waals surface area contributed by atoms with Crippen LogP contribution in [0.2, 0.25) is 0 Å². The summed E-state index contributed by atoms with van der Waals surface area (Å²) in [4.78, 5) is 25.3. The maximum atomic E-state index is 12.4. The number of rotatable bonds is 3. The highest BCUT2D eigenvalue weighted by Gasteiger charge is 2.39. The Kier molecular flexibility index (Phi) is 4.36. The summed E-state index contributed by atoms with van der Waals surface area (Å²) >= 11 is 0. The second-order valence-corrected chi connectivity index (χ2v) is 4.74. The lowest BCUT2D eigenvalue weighted by molar-refractivity contribution is -0.145. The van der Waals surface area contributed by atoms with Crippen molar-refractivity contribution >= 4 is 11.9 Å². The molecule has 1 saturated heterocycles. The minimum absolute atomic E-state index is 0.0956. The highest BCUT2D eigenvalue weighted by atomic mass is 16.5. The molecule has 0 aliphatic carbocycles. The van der Waals surface area contributed by atoms with Gasteiger partial charge in [0.05, 0.1) is 19.8 Å². The number of aliphatic hydroxyl groups is 2. The number of benzene rings is 1. The van der Waals surface area contributed by atoms with Crippen LogP contribution in [0.15, 0.2) is 24.3 Å². The molecule has 2 rings (SSSR count). The van der Waals surface area contributed by atoms with Gasteiger partial charge in [0.15, 0.2) is 0 Å². The standard InChI is InChI=1S/C14H17NO5/c1-20-14(19)12-6-11(17)7-15(12)13(18)10-4-2-9(8-16)3-5-10/h2-5,11-12,16-17H,6-8H2,1H3. The number of β-amino-alcohol motifs (C(OH)–C–C–N with tert-alkyl or cyclic N) is 1. The Morgan fingerprint density at radius 1 is 1.35 bits per heavy atom. The van der Waals surface area contributed by atoms with E-state index < -0.39 is 18.1 Å². The molecule has 0 saturated carbocycles. The molecule has 1 fully saturated rings. The maximum Gasteiger partial charge on any atom is 0.328 e. The van der Waals surface area contributed by atoms with Crippen molar-refractivity contribution in [3.63, 3.8) is 0 Å². The average molecular weight is 279 g/mol. The fraction of sp³-hybridized carbons (Fsp3) is 0.429. The number of esters is 1. The van der Waals surface area contributed by atoms with Crippen LogP contribution in [0.5, 0.6) is 0 Å². The normalized spacial score (nSPS) is 21.9. The summed E-state index contributed by atoms with van der Waals surface area (Å²) in [5.41, 5.74) is 1.11. The first-order valence-corrected chi connectivity index (χ1v) is 6.33. The third-order valence-electron chi connectivity index (χ3n) is 3.40. The van der Waals surface area contributed by atoms with Crippen molar-refractivity contribution in [1.82, 2.24) is 4.90 Å². The molecule has 2 N–H and O–H groups in total. The van der Waals surface area contributed by atoms with Gasteiger partial charge in [-0.25, -0.2) is 4.79 Å². The van der Waals surface area contributed by atoms with E-state index in [2.05, 4.69) is 4.74 Å². The molecule has 0 radical (unpaired) electrons. The summed E-state index contributed by atoms with van der Waals surface area (Å²) < 4.78 is 4.66. The van der Waals surface area contributed by atoms with Crippen molar-refractivity contribution in [2.45, 2.75) is 25.2 Å². The Morgan fingerprint density at radius 3 is 2.55 bits per heavy atom. The van der Waals surface area contributed by atoms with Gasteiger partial charge < -0.3 is 19.8 Å². The summed E-state index contributed by atoms with van der Waals surface area (Å²) in [6.45, 7) is 0.0159. The molecule has 1 amide bonds. The third kappa shape index (κ3) is 2.81. The highest BCUT2D eigenvalue weighted by molar-refractivity contribution is 5.97. The molecular formula is C14H17NO5. The summed E-state index contributed by atoms with van der Waals surface area (Å²) in [6.07, 6.45) is -0.535. The molecule has 0 bridgehead atoms. The molecule has 20 heavy (non-hydrogen) atoms. The fourth-order valence-corrected chi connectivity index (χ4v) is 2.32. The van der Waals surface area contributed by atoms with Crippen molar-refractivity contribution in [3.05, 3.63) is 35.4 Å². The summed E-state index contributed by atoms with van der Waals surface area (Å²) in [5.74, 6) is -0.858. The van der Waals surface area contributed by atoms with Gasteiger partial charge >= 0.3 is 5.97 Å². The van der Waals surface area contributed by atoms with Crippen LogP contribution in [0.3, 0.4) is 0 Å². The molecule has 2 atom stereocenters. The number of carbonyl (C=O) groups excluding carboxylic acids is 2. The number of hydrogen-bond acceptors (Lipinski definition) is 5. The predicted molar refractivity (Wildman–Crippen MR) is 69.8 cm³/mol. The topological polar surface area (TPSA) is 87.1 Å². The Morgan fingerprint density at radius 2 is 2.00 bits per heavy atom. The Labute approximate surface area is 116 Å². The van der Waals surface area contributed by atoms with Crippen LogP contribution in [0.1, 0.15) is 22.3 Å². The van der Waals surface area contributed by atoms with E-state index in [1.807, 2.05) is 0 Å². The van der Waals surface area contributed by atoms with Crippen LogP contribution in [-0.2, 0) is 16.1 Å². The molecule has 1 aromatic rings. The number of carbonyl (C=O) groups is 2. The van der Waals surface area contributed by atoms with Gasteiger partial charge in [-0.3, -0.25) is 4.79 Å². The molecular weight excluding hydrogens is 262 g/mol. The van der Waals surface area contributed by atoms with Crippen molar-refractivity contribution in [3.8, 4) is 0 Å². The molecule has 108 valence electrons. The number of nitrogens with zero attached hydrogens (tertiary/aromatic N) is 1. The van der Waals surface area contributed by atoms with Gasteiger partial charge in [-0.05, 0) is 17.7 Å². The molecule has 6 heteroatoms. The van der Waals surface area contributed by atoms with Crippen LogP contribution in [0.4, 0.5) is 0 Å². The molecule has 0 aromatic heterocycles. The molecule has 2 unspecified atom stereocenters. The zero-order valence-corrected chi connectivity index (χ0v) is 11.2. The number of aliphatic hydroxyl groups excluding tert-OH is 2. The van der Waals surface area contributed by atoms with E-state index in [-0.39, 0.29) is 25.5 Å². The smallest absolute Gasteiger partial charge is 0.328 e. The Bertz CT molecular complexity index is 499. The third-order valence-corrected chi connectivity index (χ3v) is 3.40. The van der Waals surface area contributed by atoms with Crippen LogP contribution >= 0.6 is 0 Å². The van der Waals surface area contributed by atoms with Gasteiger partial charge in [-0.1, -0.05) is 12.1 Å². The minimum Gasteiger partial charge on any atom is -0.467 e. The Hall–Kier alpha value is -1.92. The van der Waals surface area contributed by atoms with E-state index >= 15 is 0 Å². The van der Waals surface area contributed by atoms with Crippen molar-refractivity contribution in [2.24, 2.45) is 0 Å². The Balaban J connectivity index is 2.19. The van der Waals surface area contributed by atoms with Gasteiger partial charge in [0, 0.05) is 18.5 Å². The summed E-state index contributed by atoms with van der Waals surface area (Å²) in [6, 6.07) is 5.72. The molecule has 1 aliphatic rings. The van der Waals surface area contributed by atoms with E-state index in [0.29, 0.717) is 11.1 Å². The van der Waals surface area contributed by atoms with Crippen LogP contribution in [0.25, 0.3) is 0 Å².